The van der Waals surface area contributed by atoms with Crippen molar-refractivity contribution in [2.24, 2.45) is 0 Å². The number of ether oxygens (including phenoxy) is 1. The second-order valence-corrected chi connectivity index (χ2v) is 7.34. The van der Waals surface area contributed by atoms with Crippen molar-refractivity contribution in [1.29, 1.82) is 0 Å². The summed E-state index contributed by atoms with van der Waals surface area (Å²) in [5.41, 5.74) is 4.81. The number of nitrogens with zero attached hydrogens (tertiary/aromatic N) is 4. The highest BCUT2D eigenvalue weighted by Gasteiger charge is 2.19. The van der Waals surface area contributed by atoms with E-state index in [0.29, 0.717) is 0 Å². The minimum absolute atomic E-state index is 0.771. The minimum atomic E-state index is 0.771. The van der Waals surface area contributed by atoms with E-state index in [9.17, 15) is 0 Å². The number of benzene rings is 2. The number of aromatic nitrogens is 2. The van der Waals surface area contributed by atoms with Crippen LogP contribution in [0.3, 0.4) is 0 Å². The van der Waals surface area contributed by atoms with E-state index in [1.54, 1.807) is 7.11 Å². The quantitative estimate of drug-likeness (QED) is 0.707. The number of hydrogen-bond acceptors (Lipinski definition) is 6. The Hall–Kier alpha value is -3.28. The largest absolute Gasteiger partial charge is 0.497 e. The molecule has 0 atom stereocenters. The molecule has 1 aromatic heterocycles. The summed E-state index contributed by atoms with van der Waals surface area (Å²) < 4.78 is 5.25. The van der Waals surface area contributed by atoms with Crippen molar-refractivity contribution in [3.05, 3.63) is 65.9 Å². The van der Waals surface area contributed by atoms with Crippen molar-refractivity contribution in [2.45, 2.75) is 13.8 Å². The van der Waals surface area contributed by atoms with Crippen LogP contribution in [0, 0.1) is 13.8 Å². The molecule has 4 rings (SSSR count). The fraction of sp³-hybridized carbons (Fsp3) is 0.304. The first-order valence-corrected chi connectivity index (χ1v) is 9.93. The van der Waals surface area contributed by atoms with Crippen LogP contribution in [0.15, 0.2) is 54.7 Å². The third-order valence-electron chi connectivity index (χ3n) is 5.42. The Morgan fingerprint density at radius 2 is 1.59 bits per heavy atom. The molecule has 1 saturated heterocycles. The van der Waals surface area contributed by atoms with Crippen LogP contribution in [0.4, 0.5) is 23.1 Å². The molecular weight excluding hydrogens is 362 g/mol. The molecule has 1 aliphatic heterocycles. The molecular formula is C23H27N5O. The maximum Gasteiger partial charge on any atom is 0.227 e. The van der Waals surface area contributed by atoms with Gasteiger partial charge in [-0.2, -0.15) is 4.98 Å². The third-order valence-corrected chi connectivity index (χ3v) is 5.42. The molecule has 1 fully saturated rings. The smallest absolute Gasteiger partial charge is 0.227 e. The van der Waals surface area contributed by atoms with Gasteiger partial charge < -0.3 is 19.9 Å². The molecule has 0 spiro atoms. The van der Waals surface area contributed by atoms with Crippen molar-refractivity contribution in [3.63, 3.8) is 0 Å². The lowest BCUT2D eigenvalue weighted by molar-refractivity contribution is 0.415. The highest BCUT2D eigenvalue weighted by molar-refractivity contribution is 5.59. The topological polar surface area (TPSA) is 53.5 Å². The number of aryl methyl sites for hydroxylation is 2. The highest BCUT2D eigenvalue weighted by atomic mass is 16.5. The maximum atomic E-state index is 5.25. The second-order valence-electron chi connectivity index (χ2n) is 7.34. The lowest BCUT2D eigenvalue weighted by Crippen LogP contribution is -2.47. The van der Waals surface area contributed by atoms with Crippen molar-refractivity contribution < 1.29 is 4.74 Å². The summed E-state index contributed by atoms with van der Waals surface area (Å²) >= 11 is 0. The standard InChI is InChI=1S/C23H27N5O/c1-17-4-5-19(16-18(17)2)25-22-10-11-24-23(26-22)28-14-12-27(13-15-28)20-6-8-21(29-3)9-7-20/h4-11,16H,12-15H2,1-3H3,(H,24,25,26). The van der Waals surface area contributed by atoms with Gasteiger partial charge in [-0.05, 0) is 67.4 Å². The molecule has 0 aliphatic carbocycles. The first kappa shape index (κ1) is 19.1. The van der Waals surface area contributed by atoms with Gasteiger partial charge in [-0.1, -0.05) is 6.07 Å². The van der Waals surface area contributed by atoms with E-state index in [-0.39, 0.29) is 0 Å². The van der Waals surface area contributed by atoms with Crippen LogP contribution in [0.25, 0.3) is 0 Å². The van der Waals surface area contributed by atoms with E-state index < -0.39 is 0 Å². The first-order chi connectivity index (χ1) is 14.1. The van der Waals surface area contributed by atoms with Gasteiger partial charge in [0.15, 0.2) is 0 Å². The van der Waals surface area contributed by atoms with E-state index in [2.05, 4.69) is 64.3 Å². The molecule has 150 valence electrons. The number of piperazine rings is 1. The van der Waals surface area contributed by atoms with E-state index in [0.717, 1.165) is 49.4 Å². The van der Waals surface area contributed by atoms with Crippen LogP contribution < -0.4 is 19.9 Å². The molecule has 0 saturated carbocycles. The summed E-state index contributed by atoms with van der Waals surface area (Å²) in [6.07, 6.45) is 1.82. The Labute approximate surface area is 172 Å². The average Bonchev–Trinajstić information content (AvgIpc) is 2.77. The normalized spacial score (nSPS) is 14.0. The molecule has 1 aliphatic rings. The van der Waals surface area contributed by atoms with Gasteiger partial charge in [-0.25, -0.2) is 4.98 Å². The molecule has 6 nitrogen and oxygen atoms in total. The molecule has 6 heteroatoms. The van der Waals surface area contributed by atoms with E-state index in [1.807, 2.05) is 24.4 Å². The third kappa shape index (κ3) is 4.42. The Balaban J connectivity index is 1.40. The molecule has 2 heterocycles. The fourth-order valence-electron chi connectivity index (χ4n) is 3.50. The molecule has 29 heavy (non-hydrogen) atoms. The SMILES string of the molecule is COc1ccc(N2CCN(c3nccc(Nc4ccc(C)c(C)c4)n3)CC2)cc1. The van der Waals surface area contributed by atoms with Crippen molar-refractivity contribution in [1.82, 2.24) is 9.97 Å². The summed E-state index contributed by atoms with van der Waals surface area (Å²) in [6, 6.07) is 16.5. The van der Waals surface area contributed by atoms with Gasteiger partial charge >= 0.3 is 0 Å². The number of rotatable bonds is 5. The Morgan fingerprint density at radius 1 is 0.862 bits per heavy atom. The Morgan fingerprint density at radius 3 is 2.28 bits per heavy atom. The van der Waals surface area contributed by atoms with Crippen LogP contribution in [-0.4, -0.2) is 43.3 Å². The van der Waals surface area contributed by atoms with Crippen molar-refractivity contribution in [3.8, 4) is 5.75 Å². The van der Waals surface area contributed by atoms with Gasteiger partial charge in [0.05, 0.1) is 7.11 Å². The predicted octanol–water partition coefficient (Wildman–Crippen LogP) is 4.17. The summed E-state index contributed by atoms with van der Waals surface area (Å²) in [7, 11) is 1.69. The van der Waals surface area contributed by atoms with Gasteiger partial charge in [0.2, 0.25) is 5.95 Å². The summed E-state index contributed by atoms with van der Waals surface area (Å²) in [6.45, 7) is 7.88. The second kappa shape index (κ2) is 8.39. The van der Waals surface area contributed by atoms with Gasteiger partial charge in [0.1, 0.15) is 11.6 Å². The summed E-state index contributed by atoms with van der Waals surface area (Å²) in [4.78, 5) is 13.9. The molecule has 1 N–H and O–H groups in total. The van der Waals surface area contributed by atoms with Crippen LogP contribution in [-0.2, 0) is 0 Å². The maximum absolute atomic E-state index is 5.25. The van der Waals surface area contributed by atoms with E-state index in [1.165, 1.54) is 16.8 Å². The molecule has 0 unspecified atom stereocenters. The van der Waals surface area contributed by atoms with Crippen LogP contribution in [0.2, 0.25) is 0 Å². The molecule has 2 aromatic carbocycles. The van der Waals surface area contributed by atoms with Gasteiger partial charge in [0, 0.05) is 43.8 Å². The number of nitrogens with one attached hydrogen (secondary N) is 1. The lowest BCUT2D eigenvalue weighted by atomic mass is 10.1. The van der Waals surface area contributed by atoms with Gasteiger partial charge in [0.25, 0.3) is 0 Å². The molecule has 0 bridgehead atoms. The van der Waals surface area contributed by atoms with E-state index in [4.69, 9.17) is 9.72 Å². The lowest BCUT2D eigenvalue weighted by Gasteiger charge is -2.36. The summed E-state index contributed by atoms with van der Waals surface area (Å²) in [5.74, 6) is 2.47. The van der Waals surface area contributed by atoms with Crippen LogP contribution in [0.1, 0.15) is 11.1 Å². The Bertz CT molecular complexity index is 965. The summed E-state index contributed by atoms with van der Waals surface area (Å²) in [5, 5.41) is 3.40. The predicted molar refractivity (Wildman–Crippen MR) is 119 cm³/mol. The van der Waals surface area contributed by atoms with Crippen molar-refractivity contribution in [2.75, 3.05) is 48.4 Å². The monoisotopic (exact) mass is 389 g/mol. The zero-order valence-corrected chi connectivity index (χ0v) is 17.2. The number of anilines is 4. The van der Waals surface area contributed by atoms with Gasteiger partial charge in [-0.3, -0.25) is 0 Å². The zero-order chi connectivity index (χ0) is 20.2. The average molecular weight is 390 g/mol. The highest BCUT2D eigenvalue weighted by Crippen LogP contribution is 2.23. The minimum Gasteiger partial charge on any atom is -0.497 e. The van der Waals surface area contributed by atoms with E-state index >= 15 is 0 Å². The first-order valence-electron chi connectivity index (χ1n) is 9.93. The van der Waals surface area contributed by atoms with Crippen molar-refractivity contribution >= 4 is 23.1 Å². The van der Waals surface area contributed by atoms with Crippen LogP contribution >= 0.6 is 0 Å². The Kier molecular flexibility index (Phi) is 5.51. The molecule has 0 amide bonds. The zero-order valence-electron chi connectivity index (χ0n) is 17.2. The molecule has 0 radical (unpaired) electrons. The number of hydrogen-bond donors (Lipinski definition) is 1. The number of methoxy groups -OCH3 is 1. The van der Waals surface area contributed by atoms with Gasteiger partial charge in [-0.15, -0.1) is 0 Å². The van der Waals surface area contributed by atoms with Crippen LogP contribution in [0.5, 0.6) is 5.75 Å². The fourth-order valence-corrected chi connectivity index (χ4v) is 3.50. The molecule has 3 aromatic rings.